The molecule has 1 atom stereocenters. The van der Waals surface area contributed by atoms with Gasteiger partial charge in [0, 0.05) is 18.8 Å². The first-order chi connectivity index (χ1) is 11.4. The maximum atomic E-state index is 13.2. The quantitative estimate of drug-likeness (QED) is 0.772. The third-order valence-electron chi connectivity index (χ3n) is 3.94. The first kappa shape index (κ1) is 21.2. The minimum Gasteiger partial charge on any atom is -0.480 e. The summed E-state index contributed by atoms with van der Waals surface area (Å²) in [6.45, 7) is 4.18. The number of carboxylic acid groups (broad SMARTS) is 1. The number of hydrogen-bond donors (Lipinski definition) is 1. The lowest BCUT2D eigenvalue weighted by Gasteiger charge is -2.21. The van der Waals surface area contributed by atoms with Gasteiger partial charge >= 0.3 is 12.1 Å². The molecule has 25 heavy (non-hydrogen) atoms. The number of pyridine rings is 1. The van der Waals surface area contributed by atoms with Crippen molar-refractivity contribution in [3.05, 3.63) is 33.7 Å². The molecule has 1 rings (SSSR count). The SMILES string of the molecule is CC(C)CCC(C(=O)O)n1cc(CCN(C)C)c(C(F)(F)F)cc1=O. The molecule has 0 aromatic carbocycles. The molecule has 1 unspecified atom stereocenters. The molecule has 8 heteroatoms. The van der Waals surface area contributed by atoms with Crippen LogP contribution in [0.25, 0.3) is 0 Å². The van der Waals surface area contributed by atoms with Gasteiger partial charge in [0.2, 0.25) is 0 Å². The number of carboxylic acids is 1. The van der Waals surface area contributed by atoms with Crippen LogP contribution in [0.2, 0.25) is 0 Å². The molecular weight excluding hydrogens is 337 g/mol. The first-order valence-corrected chi connectivity index (χ1v) is 8.13. The van der Waals surface area contributed by atoms with E-state index in [4.69, 9.17) is 0 Å². The molecule has 0 saturated carbocycles. The lowest BCUT2D eigenvalue weighted by molar-refractivity contribution is -0.141. The van der Waals surface area contributed by atoms with E-state index in [0.717, 1.165) is 10.8 Å². The maximum absolute atomic E-state index is 13.2. The van der Waals surface area contributed by atoms with Crippen LogP contribution in [-0.4, -0.2) is 41.2 Å². The summed E-state index contributed by atoms with van der Waals surface area (Å²) >= 11 is 0. The minimum atomic E-state index is -4.66. The lowest BCUT2D eigenvalue weighted by Crippen LogP contribution is -2.32. The van der Waals surface area contributed by atoms with Crippen molar-refractivity contribution < 1.29 is 23.1 Å². The predicted molar refractivity (Wildman–Crippen MR) is 88.7 cm³/mol. The second-order valence-corrected chi connectivity index (χ2v) is 6.83. The molecule has 1 N–H and O–H groups in total. The number of likely N-dealkylation sites (N-methyl/N-ethyl adjacent to an activating group) is 1. The number of rotatable bonds is 8. The van der Waals surface area contributed by atoms with Crippen LogP contribution in [-0.2, 0) is 17.4 Å². The van der Waals surface area contributed by atoms with Crippen molar-refractivity contribution in [3.8, 4) is 0 Å². The average molecular weight is 362 g/mol. The Labute approximate surface area is 145 Å². The highest BCUT2D eigenvalue weighted by molar-refractivity contribution is 5.71. The van der Waals surface area contributed by atoms with Crippen LogP contribution >= 0.6 is 0 Å². The number of nitrogens with zero attached hydrogens (tertiary/aromatic N) is 2. The minimum absolute atomic E-state index is 0.0681. The molecule has 0 aliphatic carbocycles. The zero-order valence-electron chi connectivity index (χ0n) is 14.9. The van der Waals surface area contributed by atoms with Crippen molar-refractivity contribution in [3.63, 3.8) is 0 Å². The van der Waals surface area contributed by atoms with Gasteiger partial charge in [-0.1, -0.05) is 13.8 Å². The monoisotopic (exact) mass is 362 g/mol. The van der Waals surface area contributed by atoms with Crippen LogP contribution < -0.4 is 5.56 Å². The Hall–Kier alpha value is -1.83. The topological polar surface area (TPSA) is 62.5 Å². The molecule has 0 fully saturated rings. The zero-order chi connectivity index (χ0) is 19.4. The summed E-state index contributed by atoms with van der Waals surface area (Å²) in [5.74, 6) is -0.999. The molecule has 0 saturated heterocycles. The Morgan fingerprint density at radius 3 is 2.32 bits per heavy atom. The highest BCUT2D eigenvalue weighted by atomic mass is 19.4. The summed E-state index contributed by atoms with van der Waals surface area (Å²) < 4.78 is 40.6. The standard InChI is InChI=1S/C17H25F3N2O3/c1-11(2)5-6-14(16(24)25)22-10-12(7-8-21(3)4)13(9-15(22)23)17(18,19)20/h9-11,14H,5-8H2,1-4H3,(H,24,25). The number of hydrogen-bond acceptors (Lipinski definition) is 3. The number of carbonyl (C=O) groups is 1. The number of alkyl halides is 3. The van der Waals surface area contributed by atoms with Crippen LogP contribution in [0, 0.1) is 5.92 Å². The van der Waals surface area contributed by atoms with E-state index in [9.17, 15) is 27.9 Å². The second-order valence-electron chi connectivity index (χ2n) is 6.83. The summed E-state index contributed by atoms with van der Waals surface area (Å²) in [6.07, 6.45) is -2.79. The first-order valence-electron chi connectivity index (χ1n) is 8.13. The van der Waals surface area contributed by atoms with Gasteiger partial charge in [-0.05, 0) is 44.8 Å². The van der Waals surface area contributed by atoms with Gasteiger partial charge in [-0.2, -0.15) is 13.2 Å². The number of halogens is 3. The normalized spacial score (nSPS) is 13.5. The van der Waals surface area contributed by atoms with Crippen LogP contribution in [0.4, 0.5) is 13.2 Å². The molecule has 1 aromatic heterocycles. The van der Waals surface area contributed by atoms with Gasteiger partial charge in [-0.25, -0.2) is 4.79 Å². The van der Waals surface area contributed by atoms with Gasteiger partial charge in [0.05, 0.1) is 5.56 Å². The van der Waals surface area contributed by atoms with E-state index in [2.05, 4.69) is 0 Å². The zero-order valence-corrected chi connectivity index (χ0v) is 14.9. The molecule has 1 aromatic rings. The van der Waals surface area contributed by atoms with Crippen LogP contribution in [0.1, 0.15) is 43.9 Å². The Morgan fingerprint density at radius 2 is 1.88 bits per heavy atom. The van der Waals surface area contributed by atoms with Gasteiger partial charge in [0.15, 0.2) is 0 Å². The summed E-state index contributed by atoms with van der Waals surface area (Å²) in [5, 5.41) is 9.41. The second kappa shape index (κ2) is 8.51. The fourth-order valence-electron chi connectivity index (χ4n) is 2.52. The van der Waals surface area contributed by atoms with E-state index in [1.165, 1.54) is 0 Å². The van der Waals surface area contributed by atoms with Crippen molar-refractivity contribution in [1.29, 1.82) is 0 Å². The molecule has 142 valence electrons. The van der Waals surface area contributed by atoms with E-state index in [0.29, 0.717) is 19.0 Å². The van der Waals surface area contributed by atoms with Gasteiger partial charge in [-0.3, -0.25) is 4.79 Å². The molecule has 0 bridgehead atoms. The average Bonchev–Trinajstić information content (AvgIpc) is 2.45. The van der Waals surface area contributed by atoms with Crippen molar-refractivity contribution in [1.82, 2.24) is 9.47 Å². The van der Waals surface area contributed by atoms with Gasteiger partial charge in [0.25, 0.3) is 5.56 Å². The predicted octanol–water partition coefficient (Wildman–Crippen LogP) is 3.03. The third-order valence-corrected chi connectivity index (χ3v) is 3.94. The van der Waals surface area contributed by atoms with Crippen LogP contribution in [0.3, 0.4) is 0 Å². The highest BCUT2D eigenvalue weighted by Gasteiger charge is 2.35. The van der Waals surface area contributed by atoms with Gasteiger partial charge in [0.1, 0.15) is 6.04 Å². The van der Waals surface area contributed by atoms with E-state index in [1.807, 2.05) is 13.8 Å². The van der Waals surface area contributed by atoms with Crippen molar-refractivity contribution >= 4 is 5.97 Å². The summed E-state index contributed by atoms with van der Waals surface area (Å²) in [4.78, 5) is 25.4. The van der Waals surface area contributed by atoms with Crippen molar-refractivity contribution in [2.75, 3.05) is 20.6 Å². The Balaban J connectivity index is 3.37. The molecular formula is C17H25F3N2O3. The number of aliphatic carboxylic acids is 1. The maximum Gasteiger partial charge on any atom is 0.416 e. The molecule has 0 amide bonds. The molecule has 5 nitrogen and oxygen atoms in total. The Morgan fingerprint density at radius 1 is 1.28 bits per heavy atom. The number of aromatic nitrogens is 1. The fourth-order valence-corrected chi connectivity index (χ4v) is 2.52. The molecule has 1 heterocycles. The molecule has 0 spiro atoms. The Bertz CT molecular complexity index is 652. The van der Waals surface area contributed by atoms with Crippen LogP contribution in [0.5, 0.6) is 0 Å². The van der Waals surface area contributed by atoms with Gasteiger partial charge < -0.3 is 14.6 Å². The van der Waals surface area contributed by atoms with Gasteiger partial charge in [-0.15, -0.1) is 0 Å². The Kier molecular flexibility index (Phi) is 7.22. The lowest BCUT2D eigenvalue weighted by atomic mass is 10.0. The third kappa shape index (κ3) is 6.19. The van der Waals surface area contributed by atoms with E-state index in [-0.39, 0.29) is 24.3 Å². The van der Waals surface area contributed by atoms with Crippen molar-refractivity contribution in [2.45, 2.75) is 45.3 Å². The van der Waals surface area contributed by atoms with E-state index >= 15 is 0 Å². The highest BCUT2D eigenvalue weighted by Crippen LogP contribution is 2.32. The summed E-state index contributed by atoms with van der Waals surface area (Å²) in [6, 6.07) is -0.661. The largest absolute Gasteiger partial charge is 0.480 e. The molecule has 0 aliphatic heterocycles. The molecule has 0 radical (unpaired) electrons. The van der Waals surface area contributed by atoms with E-state index < -0.39 is 29.3 Å². The summed E-state index contributed by atoms with van der Waals surface area (Å²) in [7, 11) is 3.46. The van der Waals surface area contributed by atoms with Crippen LogP contribution in [0.15, 0.2) is 17.1 Å². The van der Waals surface area contributed by atoms with Crippen molar-refractivity contribution in [2.24, 2.45) is 5.92 Å². The summed E-state index contributed by atoms with van der Waals surface area (Å²) in [5.41, 5.74) is -2.02. The fraction of sp³-hybridized carbons (Fsp3) is 0.647. The van der Waals surface area contributed by atoms with E-state index in [1.54, 1.807) is 19.0 Å². The smallest absolute Gasteiger partial charge is 0.416 e. The molecule has 0 aliphatic rings.